The van der Waals surface area contributed by atoms with Gasteiger partial charge in [0.2, 0.25) is 11.8 Å². The first kappa shape index (κ1) is 13.6. The van der Waals surface area contributed by atoms with Gasteiger partial charge < -0.3 is 9.84 Å². The van der Waals surface area contributed by atoms with Crippen molar-refractivity contribution in [2.75, 3.05) is 12.0 Å². The summed E-state index contributed by atoms with van der Waals surface area (Å²) >= 11 is 0. The molecule has 2 amide bonds. The van der Waals surface area contributed by atoms with E-state index in [0.717, 1.165) is 11.3 Å². The highest BCUT2D eigenvalue weighted by Gasteiger charge is 2.50. The fourth-order valence-corrected chi connectivity index (χ4v) is 3.23. The highest BCUT2D eigenvalue weighted by atomic mass is 16.5. The van der Waals surface area contributed by atoms with Crippen molar-refractivity contribution in [3.05, 3.63) is 23.8 Å². The zero-order valence-electron chi connectivity index (χ0n) is 11.5. The molecule has 2 aliphatic rings. The van der Waals surface area contributed by atoms with E-state index in [9.17, 15) is 19.5 Å². The monoisotopic (exact) mass is 289 g/mol. The average Bonchev–Trinajstić information content (AvgIpc) is 3.03. The van der Waals surface area contributed by atoms with Gasteiger partial charge in [-0.05, 0) is 25.0 Å². The molecule has 1 N–H and O–H groups in total. The molecule has 110 valence electrons. The maximum Gasteiger partial charge on any atom is 0.337 e. The number of fused-ring (bicyclic) bond motifs is 1. The van der Waals surface area contributed by atoms with Gasteiger partial charge in [-0.2, -0.15) is 0 Å². The average molecular weight is 289 g/mol. The molecule has 2 unspecified atom stereocenters. The van der Waals surface area contributed by atoms with Gasteiger partial charge in [-0.25, -0.2) is 9.69 Å². The Kier molecular flexibility index (Phi) is 3.16. The molecule has 0 bridgehead atoms. The number of hydrogen-bond acceptors (Lipinski definition) is 4. The number of ether oxygens (including phenoxy) is 1. The Morgan fingerprint density at radius 2 is 1.86 bits per heavy atom. The van der Waals surface area contributed by atoms with Gasteiger partial charge in [-0.15, -0.1) is 0 Å². The second-order valence-electron chi connectivity index (χ2n) is 5.34. The third-order valence-corrected chi connectivity index (χ3v) is 4.27. The van der Waals surface area contributed by atoms with Crippen LogP contribution in [0.1, 0.15) is 29.6 Å². The standard InChI is InChI=1S/C15H15NO5/c1-21-8-5-6-11(15(19)20)12(7-8)16-13(17)9-3-2-4-10(9)14(16)18/h5-7,9-10H,2-4H2,1H3,(H,19,20). The minimum atomic E-state index is -1.18. The van der Waals surface area contributed by atoms with Gasteiger partial charge in [-0.1, -0.05) is 6.42 Å². The van der Waals surface area contributed by atoms with E-state index in [1.54, 1.807) is 0 Å². The van der Waals surface area contributed by atoms with Gasteiger partial charge in [0.25, 0.3) is 0 Å². The fraction of sp³-hybridized carbons (Fsp3) is 0.400. The van der Waals surface area contributed by atoms with Crippen LogP contribution in [-0.4, -0.2) is 30.0 Å². The van der Waals surface area contributed by atoms with Gasteiger partial charge in [0.05, 0.1) is 30.2 Å². The number of carboxylic acids is 1. The second kappa shape index (κ2) is 4.87. The fourth-order valence-electron chi connectivity index (χ4n) is 3.23. The van der Waals surface area contributed by atoms with Crippen molar-refractivity contribution >= 4 is 23.5 Å². The molecule has 1 aliphatic carbocycles. The van der Waals surface area contributed by atoms with E-state index < -0.39 is 5.97 Å². The lowest BCUT2D eigenvalue weighted by atomic mass is 10.00. The highest BCUT2D eigenvalue weighted by Crippen LogP contribution is 2.42. The van der Waals surface area contributed by atoms with Crippen LogP contribution in [-0.2, 0) is 9.59 Å². The third kappa shape index (κ3) is 1.98. The van der Waals surface area contributed by atoms with Crippen molar-refractivity contribution in [1.82, 2.24) is 0 Å². The van der Waals surface area contributed by atoms with Crippen LogP contribution < -0.4 is 9.64 Å². The number of benzene rings is 1. The number of methoxy groups -OCH3 is 1. The smallest absolute Gasteiger partial charge is 0.337 e. The quantitative estimate of drug-likeness (QED) is 0.856. The zero-order chi connectivity index (χ0) is 15.1. The molecule has 21 heavy (non-hydrogen) atoms. The third-order valence-electron chi connectivity index (χ3n) is 4.27. The van der Waals surface area contributed by atoms with E-state index in [-0.39, 0.29) is 34.9 Å². The molecule has 1 heterocycles. The summed E-state index contributed by atoms with van der Waals surface area (Å²) < 4.78 is 5.07. The molecule has 0 spiro atoms. The van der Waals surface area contributed by atoms with E-state index in [1.165, 1.54) is 25.3 Å². The van der Waals surface area contributed by atoms with E-state index in [1.807, 2.05) is 0 Å². The molecular weight excluding hydrogens is 274 g/mol. The van der Waals surface area contributed by atoms with Crippen molar-refractivity contribution in [3.8, 4) is 5.75 Å². The van der Waals surface area contributed by atoms with Crippen LogP contribution >= 0.6 is 0 Å². The van der Waals surface area contributed by atoms with Crippen LogP contribution in [0, 0.1) is 11.8 Å². The summed E-state index contributed by atoms with van der Waals surface area (Å²) in [5.74, 6) is -1.95. The zero-order valence-corrected chi connectivity index (χ0v) is 11.5. The molecular formula is C15H15NO5. The van der Waals surface area contributed by atoms with Crippen molar-refractivity contribution in [2.24, 2.45) is 11.8 Å². The topological polar surface area (TPSA) is 83.9 Å². The Morgan fingerprint density at radius 3 is 2.38 bits per heavy atom. The number of rotatable bonds is 3. The Labute approximate surface area is 121 Å². The van der Waals surface area contributed by atoms with Gasteiger partial charge >= 0.3 is 5.97 Å². The summed E-state index contributed by atoms with van der Waals surface area (Å²) in [5.41, 5.74) is 0.0312. The summed E-state index contributed by atoms with van der Waals surface area (Å²) in [7, 11) is 1.45. The van der Waals surface area contributed by atoms with Crippen molar-refractivity contribution in [3.63, 3.8) is 0 Å². The number of carbonyl (C=O) groups is 3. The van der Waals surface area contributed by atoms with Crippen LogP contribution in [0.25, 0.3) is 0 Å². The number of anilines is 1. The predicted octanol–water partition coefficient (Wildman–Crippen LogP) is 1.68. The van der Waals surface area contributed by atoms with E-state index in [0.29, 0.717) is 18.6 Å². The molecule has 1 saturated heterocycles. The molecule has 6 nitrogen and oxygen atoms in total. The minimum Gasteiger partial charge on any atom is -0.497 e. The maximum absolute atomic E-state index is 12.4. The maximum atomic E-state index is 12.4. The van der Waals surface area contributed by atoms with Gasteiger partial charge in [0.15, 0.2) is 0 Å². The number of carbonyl (C=O) groups excluding carboxylic acids is 2. The number of amides is 2. The van der Waals surface area contributed by atoms with Crippen LogP contribution in [0.15, 0.2) is 18.2 Å². The summed E-state index contributed by atoms with van der Waals surface area (Å²) in [4.78, 5) is 37.3. The summed E-state index contributed by atoms with van der Waals surface area (Å²) in [5, 5.41) is 9.28. The molecule has 3 rings (SSSR count). The summed E-state index contributed by atoms with van der Waals surface area (Å²) in [6.45, 7) is 0. The first-order valence-corrected chi connectivity index (χ1v) is 6.83. The molecule has 2 atom stereocenters. The Morgan fingerprint density at radius 1 is 1.24 bits per heavy atom. The number of imide groups is 1. The predicted molar refractivity (Wildman–Crippen MR) is 73.3 cm³/mol. The number of aromatic carboxylic acids is 1. The first-order chi connectivity index (χ1) is 10.0. The van der Waals surface area contributed by atoms with Gasteiger partial charge in [0, 0.05) is 6.07 Å². The lowest BCUT2D eigenvalue weighted by molar-refractivity contribution is -0.122. The van der Waals surface area contributed by atoms with E-state index in [2.05, 4.69) is 0 Å². The van der Waals surface area contributed by atoms with Crippen LogP contribution in [0.4, 0.5) is 5.69 Å². The van der Waals surface area contributed by atoms with Crippen LogP contribution in [0.2, 0.25) is 0 Å². The highest BCUT2D eigenvalue weighted by molar-refractivity contribution is 6.24. The van der Waals surface area contributed by atoms with Crippen molar-refractivity contribution in [2.45, 2.75) is 19.3 Å². The lowest BCUT2D eigenvalue weighted by Crippen LogP contribution is -2.33. The van der Waals surface area contributed by atoms with E-state index >= 15 is 0 Å². The minimum absolute atomic E-state index is 0.0718. The molecule has 1 aromatic rings. The number of nitrogens with zero attached hydrogens (tertiary/aromatic N) is 1. The molecule has 2 fully saturated rings. The molecule has 1 aliphatic heterocycles. The van der Waals surface area contributed by atoms with Gasteiger partial charge in [0.1, 0.15) is 5.75 Å². The Hall–Kier alpha value is -2.37. The number of hydrogen-bond donors (Lipinski definition) is 1. The SMILES string of the molecule is COc1ccc(C(=O)O)c(N2C(=O)C3CCCC3C2=O)c1. The lowest BCUT2D eigenvalue weighted by Gasteiger charge is -2.19. The van der Waals surface area contributed by atoms with Crippen LogP contribution in [0.3, 0.4) is 0 Å². The second-order valence-corrected chi connectivity index (χ2v) is 5.34. The normalized spacial score (nSPS) is 24.3. The first-order valence-electron chi connectivity index (χ1n) is 6.83. The Bertz CT molecular complexity index is 617. The number of carboxylic acid groups (broad SMARTS) is 1. The van der Waals surface area contributed by atoms with Gasteiger partial charge in [-0.3, -0.25) is 9.59 Å². The molecule has 6 heteroatoms. The Balaban J connectivity index is 2.09. The van der Waals surface area contributed by atoms with Crippen molar-refractivity contribution < 1.29 is 24.2 Å². The molecule has 1 aromatic carbocycles. The largest absolute Gasteiger partial charge is 0.497 e. The molecule has 0 radical (unpaired) electrons. The van der Waals surface area contributed by atoms with E-state index in [4.69, 9.17) is 4.74 Å². The van der Waals surface area contributed by atoms with Crippen LogP contribution in [0.5, 0.6) is 5.75 Å². The summed E-state index contributed by atoms with van der Waals surface area (Å²) in [6, 6.07) is 4.28. The summed E-state index contributed by atoms with van der Waals surface area (Å²) in [6.07, 6.45) is 2.25. The van der Waals surface area contributed by atoms with Crippen molar-refractivity contribution in [1.29, 1.82) is 0 Å². The molecule has 1 saturated carbocycles. The molecule has 0 aromatic heterocycles.